The van der Waals surface area contributed by atoms with Crippen molar-refractivity contribution in [3.8, 4) is 0 Å². The molecule has 3 N–H and O–H groups in total. The molecule has 0 aliphatic heterocycles. The molecule has 0 radical (unpaired) electrons. The highest BCUT2D eigenvalue weighted by molar-refractivity contribution is 4.71. The van der Waals surface area contributed by atoms with E-state index < -0.39 is 0 Å². The van der Waals surface area contributed by atoms with E-state index in [9.17, 15) is 0 Å². The van der Waals surface area contributed by atoms with E-state index in [0.29, 0.717) is 5.92 Å². The molecule has 0 saturated heterocycles. The summed E-state index contributed by atoms with van der Waals surface area (Å²) in [7, 11) is 0. The smallest absolute Gasteiger partial charge is 0.0591 e. The average Bonchev–Trinajstić information content (AvgIpc) is 2.94. The van der Waals surface area contributed by atoms with Crippen molar-refractivity contribution >= 4 is 0 Å². The predicted octanol–water partition coefficient (Wildman–Crippen LogP) is 0.597. The molecule has 0 heterocycles. The van der Waals surface area contributed by atoms with Gasteiger partial charge in [-0.15, -0.1) is 0 Å². The van der Waals surface area contributed by atoms with Gasteiger partial charge < -0.3 is 15.8 Å². The monoisotopic (exact) mass is 186 g/mol. The van der Waals surface area contributed by atoms with E-state index in [2.05, 4.69) is 12.2 Å². The van der Waals surface area contributed by atoms with Gasteiger partial charge in [-0.05, 0) is 37.8 Å². The number of hydrogen-bond acceptors (Lipinski definition) is 3. The molecule has 3 heteroatoms. The van der Waals surface area contributed by atoms with Gasteiger partial charge in [0.05, 0.1) is 6.61 Å². The molecule has 78 valence electrons. The highest BCUT2D eigenvalue weighted by Crippen LogP contribution is 2.28. The van der Waals surface area contributed by atoms with Gasteiger partial charge in [0.25, 0.3) is 0 Å². The van der Waals surface area contributed by atoms with Crippen molar-refractivity contribution in [2.45, 2.75) is 19.8 Å². The van der Waals surface area contributed by atoms with Crippen LogP contribution in [0.3, 0.4) is 0 Å². The zero-order valence-corrected chi connectivity index (χ0v) is 8.59. The summed E-state index contributed by atoms with van der Waals surface area (Å²) in [5.74, 6) is 1.45. The molecule has 13 heavy (non-hydrogen) atoms. The van der Waals surface area contributed by atoms with Gasteiger partial charge >= 0.3 is 0 Å². The molecule has 0 aromatic carbocycles. The zero-order valence-electron chi connectivity index (χ0n) is 8.59. The fraction of sp³-hybridized carbons (Fsp3) is 1.00. The van der Waals surface area contributed by atoms with Crippen LogP contribution in [0.1, 0.15) is 19.8 Å². The van der Waals surface area contributed by atoms with Crippen molar-refractivity contribution in [2.24, 2.45) is 17.6 Å². The Hall–Kier alpha value is -0.120. The highest BCUT2D eigenvalue weighted by atomic mass is 16.5. The van der Waals surface area contributed by atoms with Crippen molar-refractivity contribution in [2.75, 3.05) is 32.8 Å². The van der Waals surface area contributed by atoms with Gasteiger partial charge in [-0.25, -0.2) is 0 Å². The summed E-state index contributed by atoms with van der Waals surface area (Å²) in [6.07, 6.45) is 2.75. The minimum Gasteiger partial charge on any atom is -0.380 e. The second kappa shape index (κ2) is 6.35. The minimum absolute atomic E-state index is 0.573. The molecule has 1 rings (SSSR count). The van der Waals surface area contributed by atoms with E-state index in [1.807, 2.05) is 0 Å². The summed E-state index contributed by atoms with van der Waals surface area (Å²) in [6.45, 7) is 6.68. The van der Waals surface area contributed by atoms with Crippen LogP contribution in [-0.4, -0.2) is 32.8 Å². The molecule has 1 fully saturated rings. The van der Waals surface area contributed by atoms with Crippen LogP contribution in [0.4, 0.5) is 0 Å². The van der Waals surface area contributed by atoms with Gasteiger partial charge in [0.2, 0.25) is 0 Å². The predicted molar refractivity (Wildman–Crippen MR) is 54.6 cm³/mol. The average molecular weight is 186 g/mol. The first kappa shape index (κ1) is 11.0. The molecule has 0 aromatic heterocycles. The maximum absolute atomic E-state index is 5.49. The van der Waals surface area contributed by atoms with Gasteiger partial charge in [0.1, 0.15) is 0 Å². The maximum atomic E-state index is 5.49. The van der Waals surface area contributed by atoms with Gasteiger partial charge in [0, 0.05) is 13.2 Å². The van der Waals surface area contributed by atoms with Crippen LogP contribution in [0.15, 0.2) is 0 Å². The first-order valence-electron chi connectivity index (χ1n) is 5.31. The summed E-state index contributed by atoms with van der Waals surface area (Å²) < 4.78 is 5.48. The lowest BCUT2D eigenvalue weighted by Gasteiger charge is -2.09. The van der Waals surface area contributed by atoms with Crippen LogP contribution in [0.2, 0.25) is 0 Å². The molecule has 1 atom stereocenters. The van der Waals surface area contributed by atoms with Crippen LogP contribution >= 0.6 is 0 Å². The first-order valence-corrected chi connectivity index (χ1v) is 5.31. The van der Waals surface area contributed by atoms with Crippen molar-refractivity contribution in [1.82, 2.24) is 5.32 Å². The van der Waals surface area contributed by atoms with Crippen molar-refractivity contribution in [3.63, 3.8) is 0 Å². The molecule has 1 aliphatic rings. The van der Waals surface area contributed by atoms with E-state index in [-0.39, 0.29) is 0 Å². The molecular weight excluding hydrogens is 164 g/mol. The van der Waals surface area contributed by atoms with E-state index >= 15 is 0 Å². The zero-order chi connectivity index (χ0) is 9.52. The summed E-state index contributed by atoms with van der Waals surface area (Å²) >= 11 is 0. The number of nitrogens with one attached hydrogen (secondary N) is 1. The van der Waals surface area contributed by atoms with Crippen molar-refractivity contribution in [1.29, 1.82) is 0 Å². The third-order valence-corrected chi connectivity index (χ3v) is 2.37. The Balaban J connectivity index is 1.72. The fourth-order valence-electron chi connectivity index (χ4n) is 1.11. The second-order valence-electron chi connectivity index (χ2n) is 4.06. The standard InChI is InChI=1S/C10H22N2O/c1-9(6-11)7-12-4-5-13-8-10-2-3-10/h9-10,12H,2-8,11H2,1H3. The quantitative estimate of drug-likeness (QED) is 0.546. The molecule has 0 bridgehead atoms. The van der Waals surface area contributed by atoms with Crippen molar-refractivity contribution < 1.29 is 4.74 Å². The van der Waals surface area contributed by atoms with E-state index in [1.54, 1.807) is 0 Å². The second-order valence-corrected chi connectivity index (χ2v) is 4.06. The number of hydrogen-bond donors (Lipinski definition) is 2. The van der Waals surface area contributed by atoms with Gasteiger partial charge in [0.15, 0.2) is 0 Å². The largest absolute Gasteiger partial charge is 0.380 e. The maximum Gasteiger partial charge on any atom is 0.0591 e. The van der Waals surface area contributed by atoms with Crippen molar-refractivity contribution in [3.05, 3.63) is 0 Å². The summed E-state index contributed by atoms with van der Waals surface area (Å²) in [5.41, 5.74) is 5.49. The van der Waals surface area contributed by atoms with Gasteiger partial charge in [-0.3, -0.25) is 0 Å². The Bertz CT molecular complexity index is 126. The topological polar surface area (TPSA) is 47.3 Å². The molecule has 0 spiro atoms. The van der Waals surface area contributed by atoms with Crippen LogP contribution < -0.4 is 11.1 Å². The number of ether oxygens (including phenoxy) is 1. The van der Waals surface area contributed by atoms with Crippen LogP contribution in [-0.2, 0) is 4.74 Å². The Kier molecular flexibility index (Phi) is 5.35. The molecular formula is C10H22N2O. The lowest BCUT2D eigenvalue weighted by atomic mass is 10.2. The third kappa shape index (κ3) is 6.02. The molecule has 1 unspecified atom stereocenters. The van der Waals surface area contributed by atoms with Gasteiger partial charge in [-0.1, -0.05) is 6.92 Å². The van der Waals surface area contributed by atoms with E-state index in [0.717, 1.165) is 38.8 Å². The number of nitrogens with two attached hydrogens (primary N) is 1. The number of rotatable bonds is 8. The Labute approximate surface area is 81.0 Å². The Morgan fingerprint density at radius 3 is 2.92 bits per heavy atom. The normalized spacial score (nSPS) is 18.9. The van der Waals surface area contributed by atoms with Crippen LogP contribution in [0, 0.1) is 11.8 Å². The highest BCUT2D eigenvalue weighted by Gasteiger charge is 2.20. The molecule has 3 nitrogen and oxygen atoms in total. The summed E-state index contributed by atoms with van der Waals surface area (Å²) in [4.78, 5) is 0. The SMILES string of the molecule is CC(CN)CNCCOCC1CC1. The first-order chi connectivity index (χ1) is 6.33. The third-order valence-electron chi connectivity index (χ3n) is 2.37. The lowest BCUT2D eigenvalue weighted by Crippen LogP contribution is -2.28. The van der Waals surface area contributed by atoms with E-state index in [4.69, 9.17) is 10.5 Å². The van der Waals surface area contributed by atoms with Gasteiger partial charge in [-0.2, -0.15) is 0 Å². The fourth-order valence-corrected chi connectivity index (χ4v) is 1.11. The molecule has 1 saturated carbocycles. The Morgan fingerprint density at radius 2 is 2.31 bits per heavy atom. The summed E-state index contributed by atoms with van der Waals surface area (Å²) in [6, 6.07) is 0. The van der Waals surface area contributed by atoms with Crippen LogP contribution in [0.5, 0.6) is 0 Å². The Morgan fingerprint density at radius 1 is 1.54 bits per heavy atom. The summed E-state index contributed by atoms with van der Waals surface area (Å²) in [5, 5.41) is 3.33. The minimum atomic E-state index is 0.573. The van der Waals surface area contributed by atoms with E-state index in [1.165, 1.54) is 12.8 Å². The van der Waals surface area contributed by atoms with Crippen LogP contribution in [0.25, 0.3) is 0 Å². The molecule has 1 aliphatic carbocycles. The lowest BCUT2D eigenvalue weighted by molar-refractivity contribution is 0.125. The molecule has 0 amide bonds. The molecule has 0 aromatic rings.